The number of carbonyl (C=O) groups is 2. The molecule has 0 aliphatic heterocycles. The summed E-state index contributed by atoms with van der Waals surface area (Å²) in [6, 6.07) is 4.78. The Balaban J connectivity index is 2.01. The first-order chi connectivity index (χ1) is 13.6. The van der Waals surface area contributed by atoms with Crippen LogP contribution in [0.15, 0.2) is 60.3 Å². The number of allylic oxidation sites excluding steroid dienone is 3. The van der Waals surface area contributed by atoms with Crippen molar-refractivity contribution in [1.29, 1.82) is 0 Å². The molecule has 0 spiro atoms. The van der Waals surface area contributed by atoms with Crippen LogP contribution in [-0.4, -0.2) is 11.7 Å². The molecule has 3 rings (SSSR count). The van der Waals surface area contributed by atoms with E-state index in [4.69, 9.17) is 4.74 Å². The van der Waals surface area contributed by atoms with Crippen molar-refractivity contribution >= 4 is 11.7 Å². The zero-order valence-corrected chi connectivity index (χ0v) is 14.5. The van der Waals surface area contributed by atoms with Crippen molar-refractivity contribution in [3.05, 3.63) is 83.1 Å². The van der Waals surface area contributed by atoms with E-state index in [-0.39, 0.29) is 17.9 Å². The second kappa shape index (κ2) is 7.86. The number of amides is 1. The molecule has 1 amide bonds. The van der Waals surface area contributed by atoms with Crippen molar-refractivity contribution < 1.29 is 36.3 Å². The smallest absolute Gasteiger partial charge is 0.416 e. The minimum absolute atomic E-state index is 0.0617. The summed E-state index contributed by atoms with van der Waals surface area (Å²) in [7, 11) is 0. The molecule has 0 saturated heterocycles. The molecule has 0 heterocycles. The van der Waals surface area contributed by atoms with Gasteiger partial charge in [-0.25, -0.2) is 8.78 Å². The Kier molecular flexibility index (Phi) is 5.49. The van der Waals surface area contributed by atoms with E-state index in [1.807, 2.05) is 0 Å². The van der Waals surface area contributed by atoms with E-state index in [1.165, 1.54) is 12.2 Å². The number of rotatable bonds is 4. The summed E-state index contributed by atoms with van der Waals surface area (Å²) >= 11 is 0. The summed E-state index contributed by atoms with van der Waals surface area (Å²) in [6.45, 7) is 0. The first kappa shape index (κ1) is 20.2. The van der Waals surface area contributed by atoms with Gasteiger partial charge in [0.15, 0.2) is 23.2 Å². The number of benzene rings is 2. The number of halogens is 5. The molecule has 2 aromatic carbocycles. The SMILES string of the molecule is O=C1C=C(NC(=O)c2cc(C(F)(F)F)ccc2Oc2c(F)cccc2F)C=CC1. The van der Waals surface area contributed by atoms with Gasteiger partial charge in [0.05, 0.1) is 11.1 Å². The van der Waals surface area contributed by atoms with Crippen LogP contribution < -0.4 is 10.1 Å². The Hall–Kier alpha value is -3.49. The van der Waals surface area contributed by atoms with E-state index in [1.54, 1.807) is 0 Å². The lowest BCUT2D eigenvalue weighted by molar-refractivity contribution is -0.137. The molecule has 1 aliphatic carbocycles. The third kappa shape index (κ3) is 4.68. The zero-order chi connectivity index (χ0) is 21.2. The van der Waals surface area contributed by atoms with Gasteiger partial charge in [0.2, 0.25) is 0 Å². The Morgan fingerprint density at radius 3 is 2.38 bits per heavy atom. The van der Waals surface area contributed by atoms with Gasteiger partial charge in [0.1, 0.15) is 5.75 Å². The van der Waals surface area contributed by atoms with Gasteiger partial charge in [0, 0.05) is 18.2 Å². The van der Waals surface area contributed by atoms with Crippen LogP contribution in [-0.2, 0) is 11.0 Å². The van der Waals surface area contributed by atoms with Gasteiger partial charge in [0.25, 0.3) is 5.91 Å². The molecule has 4 nitrogen and oxygen atoms in total. The number of para-hydroxylation sites is 1. The highest BCUT2D eigenvalue weighted by Crippen LogP contribution is 2.35. The third-order valence-corrected chi connectivity index (χ3v) is 3.87. The van der Waals surface area contributed by atoms with Crippen molar-refractivity contribution in [3.63, 3.8) is 0 Å². The van der Waals surface area contributed by atoms with E-state index in [0.29, 0.717) is 12.1 Å². The van der Waals surface area contributed by atoms with Crippen molar-refractivity contribution in [1.82, 2.24) is 5.32 Å². The largest absolute Gasteiger partial charge is 0.450 e. The van der Waals surface area contributed by atoms with Crippen molar-refractivity contribution in [3.8, 4) is 11.5 Å². The van der Waals surface area contributed by atoms with E-state index in [9.17, 15) is 31.5 Å². The minimum Gasteiger partial charge on any atom is -0.450 e. The molecule has 0 radical (unpaired) electrons. The van der Waals surface area contributed by atoms with Crippen LogP contribution in [0.1, 0.15) is 22.3 Å². The molecule has 1 aliphatic rings. The Morgan fingerprint density at radius 2 is 1.76 bits per heavy atom. The first-order valence-electron chi connectivity index (χ1n) is 8.20. The summed E-state index contributed by atoms with van der Waals surface area (Å²) in [6.07, 6.45) is -0.649. The van der Waals surface area contributed by atoms with E-state index >= 15 is 0 Å². The number of hydrogen-bond donors (Lipinski definition) is 1. The minimum atomic E-state index is -4.77. The van der Waals surface area contributed by atoms with Crippen molar-refractivity contribution in [2.45, 2.75) is 12.6 Å². The van der Waals surface area contributed by atoms with Gasteiger partial charge in [-0.05, 0) is 36.4 Å². The summed E-state index contributed by atoms with van der Waals surface area (Å²) in [5.41, 5.74) is -1.71. The highest BCUT2D eigenvalue weighted by Gasteiger charge is 2.32. The lowest BCUT2D eigenvalue weighted by Gasteiger charge is -2.16. The summed E-state index contributed by atoms with van der Waals surface area (Å²) in [4.78, 5) is 24.0. The molecule has 0 saturated carbocycles. The third-order valence-electron chi connectivity index (χ3n) is 3.87. The average molecular weight is 409 g/mol. The molecular formula is C20H12F5NO3. The molecule has 1 N–H and O–H groups in total. The van der Waals surface area contributed by atoms with Gasteiger partial charge in [-0.1, -0.05) is 12.1 Å². The van der Waals surface area contributed by atoms with Gasteiger partial charge in [-0.3, -0.25) is 9.59 Å². The highest BCUT2D eigenvalue weighted by atomic mass is 19.4. The Bertz CT molecular complexity index is 1020. The molecule has 150 valence electrons. The van der Waals surface area contributed by atoms with Crippen LogP contribution in [0.25, 0.3) is 0 Å². The fourth-order valence-electron chi connectivity index (χ4n) is 2.52. The normalized spacial score (nSPS) is 13.8. The summed E-state index contributed by atoms with van der Waals surface area (Å²) in [5, 5.41) is 2.28. The lowest BCUT2D eigenvalue weighted by atomic mass is 10.1. The van der Waals surface area contributed by atoms with E-state index in [0.717, 1.165) is 30.3 Å². The number of ketones is 1. The number of ether oxygens (including phenoxy) is 1. The van der Waals surface area contributed by atoms with Crippen LogP contribution in [0.5, 0.6) is 11.5 Å². The average Bonchev–Trinajstić information content (AvgIpc) is 2.64. The highest BCUT2D eigenvalue weighted by molar-refractivity contribution is 6.00. The predicted octanol–water partition coefficient (Wildman–Crippen LogP) is 4.92. The molecule has 29 heavy (non-hydrogen) atoms. The van der Waals surface area contributed by atoms with Gasteiger partial charge < -0.3 is 10.1 Å². The topological polar surface area (TPSA) is 55.4 Å². The Morgan fingerprint density at radius 1 is 1.07 bits per heavy atom. The van der Waals surface area contributed by atoms with Crippen molar-refractivity contribution in [2.75, 3.05) is 0 Å². The van der Waals surface area contributed by atoms with E-state index in [2.05, 4.69) is 5.32 Å². The number of carbonyl (C=O) groups excluding carboxylic acids is 2. The van der Waals surface area contributed by atoms with Gasteiger partial charge >= 0.3 is 6.18 Å². The van der Waals surface area contributed by atoms with Crippen LogP contribution in [0.3, 0.4) is 0 Å². The van der Waals surface area contributed by atoms with Crippen LogP contribution in [0.2, 0.25) is 0 Å². The number of alkyl halides is 3. The fourth-order valence-corrected chi connectivity index (χ4v) is 2.52. The van der Waals surface area contributed by atoms with Crippen LogP contribution >= 0.6 is 0 Å². The molecule has 0 bridgehead atoms. The molecule has 0 atom stereocenters. The monoisotopic (exact) mass is 409 g/mol. The summed E-state index contributed by atoms with van der Waals surface area (Å²) < 4.78 is 72.0. The van der Waals surface area contributed by atoms with Crippen LogP contribution in [0.4, 0.5) is 22.0 Å². The molecule has 2 aromatic rings. The molecule has 9 heteroatoms. The van der Waals surface area contributed by atoms with E-state index < -0.39 is 46.3 Å². The maximum absolute atomic E-state index is 13.9. The standard InChI is InChI=1S/C20H12F5NO3/c21-15-5-2-6-16(22)18(15)29-17-8-7-11(20(23,24)25)9-14(17)19(28)26-12-3-1-4-13(27)10-12/h1-3,5-10H,4H2,(H,26,28). The predicted molar refractivity (Wildman–Crippen MR) is 92.2 cm³/mol. The van der Waals surface area contributed by atoms with Crippen LogP contribution in [0, 0.1) is 11.6 Å². The quantitative estimate of drug-likeness (QED) is 0.730. The Labute approximate surface area is 161 Å². The first-order valence-corrected chi connectivity index (χ1v) is 8.20. The maximum atomic E-state index is 13.9. The number of hydrogen-bond acceptors (Lipinski definition) is 3. The van der Waals surface area contributed by atoms with Gasteiger partial charge in [-0.2, -0.15) is 13.2 Å². The second-order valence-corrected chi connectivity index (χ2v) is 5.99. The maximum Gasteiger partial charge on any atom is 0.416 e. The molecule has 0 unspecified atom stereocenters. The van der Waals surface area contributed by atoms with Crippen molar-refractivity contribution in [2.24, 2.45) is 0 Å². The lowest BCUT2D eigenvalue weighted by Crippen LogP contribution is -2.24. The van der Waals surface area contributed by atoms with Gasteiger partial charge in [-0.15, -0.1) is 0 Å². The molecular weight excluding hydrogens is 397 g/mol. The number of nitrogens with one attached hydrogen (secondary N) is 1. The fraction of sp³-hybridized carbons (Fsp3) is 0.100. The molecule has 0 fully saturated rings. The molecule has 0 aromatic heterocycles. The second-order valence-electron chi connectivity index (χ2n) is 5.99. The summed E-state index contributed by atoms with van der Waals surface area (Å²) in [5.74, 6) is -4.91. The zero-order valence-electron chi connectivity index (χ0n) is 14.5.